The van der Waals surface area contributed by atoms with Gasteiger partial charge in [0.2, 0.25) is 0 Å². The van der Waals surface area contributed by atoms with Gasteiger partial charge < -0.3 is 24.1 Å². The fourth-order valence-corrected chi connectivity index (χ4v) is 2.63. The first-order chi connectivity index (χ1) is 11.1. The molecule has 0 bridgehead atoms. The Kier molecular flexibility index (Phi) is 4.18. The second-order valence-corrected chi connectivity index (χ2v) is 5.13. The maximum absolute atomic E-state index is 12.1. The minimum absolute atomic E-state index is 0.134. The molecule has 1 unspecified atom stereocenters. The molecule has 0 amide bonds. The van der Waals surface area contributed by atoms with Gasteiger partial charge in [0.15, 0.2) is 6.23 Å². The minimum Gasteiger partial charge on any atom is -0.464 e. The van der Waals surface area contributed by atoms with Crippen molar-refractivity contribution in [1.29, 1.82) is 0 Å². The number of nitrogens with one attached hydrogen (secondary N) is 1. The zero-order valence-electron chi connectivity index (χ0n) is 12.2. The number of H-pyrrole nitrogens is 1. The van der Waals surface area contributed by atoms with Crippen molar-refractivity contribution in [2.24, 2.45) is 0 Å². The van der Waals surface area contributed by atoms with Crippen LogP contribution in [-0.2, 0) is 9.47 Å². The molecule has 1 fully saturated rings. The molecule has 0 saturated carbocycles. The number of rotatable bonds is 4. The molecule has 3 N–H and O–H groups in total. The van der Waals surface area contributed by atoms with Gasteiger partial charge in [-0.25, -0.2) is 4.79 Å². The van der Waals surface area contributed by atoms with Crippen LogP contribution >= 0.6 is 0 Å². The second kappa shape index (κ2) is 6.13. The highest BCUT2D eigenvalue weighted by Crippen LogP contribution is 2.30. The summed E-state index contributed by atoms with van der Waals surface area (Å²) in [4.78, 5) is 26.2. The van der Waals surface area contributed by atoms with Crippen LogP contribution in [0.3, 0.4) is 0 Å². The summed E-state index contributed by atoms with van der Waals surface area (Å²) < 4.78 is 16.9. The number of methoxy groups -OCH3 is 1. The fraction of sp³-hybridized carbons (Fsp3) is 0.429. The first-order valence-corrected chi connectivity index (χ1v) is 6.93. The molecule has 2 aromatic rings. The van der Waals surface area contributed by atoms with E-state index in [1.807, 2.05) is 0 Å². The lowest BCUT2D eigenvalue weighted by Crippen LogP contribution is -2.39. The van der Waals surface area contributed by atoms with Crippen molar-refractivity contribution in [3.05, 3.63) is 45.4 Å². The van der Waals surface area contributed by atoms with Crippen molar-refractivity contribution in [1.82, 2.24) is 9.55 Å². The summed E-state index contributed by atoms with van der Waals surface area (Å²) >= 11 is 0. The largest absolute Gasteiger partial charge is 0.464 e. The van der Waals surface area contributed by atoms with Gasteiger partial charge in [-0.1, -0.05) is 0 Å². The predicted octanol–water partition coefficient (Wildman–Crippen LogP) is -0.938. The number of aliphatic hydroxyl groups excluding tert-OH is 2. The summed E-state index contributed by atoms with van der Waals surface area (Å²) in [6, 6.07) is 3.19. The molecule has 0 spiro atoms. The average molecular weight is 324 g/mol. The third-order valence-corrected chi connectivity index (χ3v) is 3.79. The number of ether oxygens (including phenoxy) is 2. The lowest BCUT2D eigenvalue weighted by molar-refractivity contribution is -0.0624. The molecular weight excluding hydrogens is 308 g/mol. The van der Waals surface area contributed by atoms with Gasteiger partial charge in [-0.15, -0.1) is 0 Å². The van der Waals surface area contributed by atoms with E-state index in [1.54, 1.807) is 12.1 Å². The molecule has 1 aliphatic heterocycles. The van der Waals surface area contributed by atoms with Crippen molar-refractivity contribution in [2.45, 2.75) is 24.5 Å². The molecule has 0 radical (unpaired) electrons. The van der Waals surface area contributed by atoms with Crippen LogP contribution in [0.1, 0.15) is 6.23 Å². The van der Waals surface area contributed by atoms with E-state index in [2.05, 4.69) is 4.98 Å². The first kappa shape index (κ1) is 15.7. The Labute approximate surface area is 129 Å². The van der Waals surface area contributed by atoms with Gasteiger partial charge in [0.05, 0.1) is 18.4 Å². The Morgan fingerprint density at radius 3 is 2.83 bits per heavy atom. The van der Waals surface area contributed by atoms with E-state index >= 15 is 0 Å². The van der Waals surface area contributed by atoms with Crippen molar-refractivity contribution in [3.63, 3.8) is 0 Å². The highest BCUT2D eigenvalue weighted by atomic mass is 16.6. The van der Waals surface area contributed by atoms with E-state index in [9.17, 15) is 19.8 Å². The van der Waals surface area contributed by atoms with Crippen LogP contribution in [0.15, 0.2) is 38.6 Å². The van der Waals surface area contributed by atoms with Gasteiger partial charge in [-0.3, -0.25) is 14.3 Å². The monoisotopic (exact) mass is 324 g/mol. The summed E-state index contributed by atoms with van der Waals surface area (Å²) in [5, 5.41) is 19.3. The third-order valence-electron chi connectivity index (χ3n) is 3.79. The van der Waals surface area contributed by atoms with Crippen LogP contribution < -0.4 is 11.2 Å². The summed E-state index contributed by atoms with van der Waals surface area (Å²) in [6.07, 6.45) is -1.19. The molecule has 4 atom stereocenters. The number of hydrogen-bond acceptors (Lipinski definition) is 7. The van der Waals surface area contributed by atoms with Crippen molar-refractivity contribution in [3.8, 4) is 11.3 Å². The topological polar surface area (TPSA) is 127 Å². The standard InChI is InChI=1S/C14H16N2O7/c1-21-11-10(18)9(6-17)23-13(11)16-5-7(8-3-2-4-22-8)12(19)15-14(16)20/h2-5,9-11,13,17-18H,6H2,1H3,(H,15,19,20)/t9-,10?,11+,13-/m1/s1. The molecule has 0 aromatic carbocycles. The molecule has 1 saturated heterocycles. The average Bonchev–Trinajstić information content (AvgIpc) is 3.15. The molecular formula is C14H16N2O7. The normalized spacial score (nSPS) is 27.4. The van der Waals surface area contributed by atoms with E-state index in [4.69, 9.17) is 13.9 Å². The van der Waals surface area contributed by atoms with Crippen LogP contribution in [0.2, 0.25) is 0 Å². The Balaban J connectivity index is 2.08. The van der Waals surface area contributed by atoms with E-state index < -0.39 is 42.4 Å². The number of nitrogens with zero attached hydrogens (tertiary/aromatic N) is 1. The van der Waals surface area contributed by atoms with Gasteiger partial charge in [-0.05, 0) is 12.1 Å². The number of furan rings is 1. The Hall–Kier alpha value is -2.20. The van der Waals surface area contributed by atoms with E-state index in [-0.39, 0.29) is 11.3 Å². The third kappa shape index (κ3) is 2.63. The number of aliphatic hydroxyl groups is 2. The SMILES string of the molecule is CO[C@H]1C(O)[C@@H](CO)O[C@H]1n1cc(-c2ccco2)c(=O)[nH]c1=O. The summed E-state index contributed by atoms with van der Waals surface area (Å²) in [5.41, 5.74) is -1.19. The molecule has 3 heterocycles. The van der Waals surface area contributed by atoms with Gasteiger partial charge in [0, 0.05) is 13.3 Å². The fourth-order valence-electron chi connectivity index (χ4n) is 2.63. The van der Waals surface area contributed by atoms with Crippen LogP contribution in [0.25, 0.3) is 11.3 Å². The lowest BCUT2D eigenvalue weighted by atomic mass is 10.1. The molecule has 2 aromatic heterocycles. The molecule has 3 rings (SSSR count). The summed E-state index contributed by atoms with van der Waals surface area (Å²) in [5.74, 6) is 0.284. The minimum atomic E-state index is -1.11. The van der Waals surface area contributed by atoms with Crippen molar-refractivity contribution in [2.75, 3.05) is 13.7 Å². The molecule has 23 heavy (non-hydrogen) atoms. The van der Waals surface area contributed by atoms with E-state index in [1.165, 1.54) is 19.6 Å². The number of aromatic nitrogens is 2. The zero-order chi connectivity index (χ0) is 16.6. The van der Waals surface area contributed by atoms with Gasteiger partial charge in [0.25, 0.3) is 5.56 Å². The van der Waals surface area contributed by atoms with Gasteiger partial charge in [0.1, 0.15) is 24.1 Å². The number of hydrogen-bond donors (Lipinski definition) is 3. The summed E-state index contributed by atoms with van der Waals surface area (Å²) in [7, 11) is 1.36. The van der Waals surface area contributed by atoms with Crippen molar-refractivity contribution >= 4 is 0 Å². The van der Waals surface area contributed by atoms with Crippen molar-refractivity contribution < 1.29 is 24.1 Å². The molecule has 0 aliphatic carbocycles. The lowest BCUT2D eigenvalue weighted by Gasteiger charge is -2.20. The van der Waals surface area contributed by atoms with E-state index in [0.717, 1.165) is 4.57 Å². The maximum atomic E-state index is 12.1. The zero-order valence-corrected chi connectivity index (χ0v) is 12.2. The van der Waals surface area contributed by atoms with Crippen LogP contribution in [0.4, 0.5) is 0 Å². The van der Waals surface area contributed by atoms with Crippen LogP contribution in [-0.4, -0.2) is 51.8 Å². The van der Waals surface area contributed by atoms with Gasteiger partial charge in [-0.2, -0.15) is 0 Å². The first-order valence-electron chi connectivity index (χ1n) is 6.93. The molecule has 124 valence electrons. The molecule has 1 aliphatic rings. The maximum Gasteiger partial charge on any atom is 0.330 e. The number of aromatic amines is 1. The van der Waals surface area contributed by atoms with Gasteiger partial charge >= 0.3 is 5.69 Å². The van der Waals surface area contributed by atoms with E-state index in [0.29, 0.717) is 0 Å². The van der Waals surface area contributed by atoms with Crippen LogP contribution in [0, 0.1) is 0 Å². The Morgan fingerprint density at radius 1 is 1.43 bits per heavy atom. The molecule has 9 nitrogen and oxygen atoms in total. The molecule has 9 heteroatoms. The highest BCUT2D eigenvalue weighted by molar-refractivity contribution is 5.54. The quantitative estimate of drug-likeness (QED) is 0.662. The second-order valence-electron chi connectivity index (χ2n) is 5.13. The van der Waals surface area contributed by atoms with Crippen LogP contribution in [0.5, 0.6) is 0 Å². The summed E-state index contributed by atoms with van der Waals surface area (Å²) in [6.45, 7) is -0.430. The smallest absolute Gasteiger partial charge is 0.330 e. The predicted molar refractivity (Wildman–Crippen MR) is 76.8 cm³/mol. The highest BCUT2D eigenvalue weighted by Gasteiger charge is 2.45. The Bertz CT molecular complexity index is 779. The Morgan fingerprint density at radius 2 is 2.22 bits per heavy atom.